The molecule has 3 aromatic rings. The van der Waals surface area contributed by atoms with E-state index in [1.165, 1.54) is 19.3 Å². The van der Waals surface area contributed by atoms with Crippen LogP contribution in [0, 0.1) is 0 Å². The number of amides is 2. The van der Waals surface area contributed by atoms with Gasteiger partial charge in [-0.25, -0.2) is 9.78 Å². The van der Waals surface area contributed by atoms with Crippen LogP contribution >= 0.6 is 23.2 Å². The minimum Gasteiger partial charge on any atom is -0.490 e. The Morgan fingerprint density at radius 1 is 1.11 bits per heavy atom. The third-order valence-electron chi connectivity index (χ3n) is 4.70. The topological polar surface area (TPSA) is 139 Å². The van der Waals surface area contributed by atoms with Gasteiger partial charge in [0.25, 0.3) is 5.91 Å². The van der Waals surface area contributed by atoms with E-state index in [4.69, 9.17) is 47.6 Å². The van der Waals surface area contributed by atoms with Crippen molar-refractivity contribution in [3.8, 4) is 23.0 Å². The Morgan fingerprint density at radius 2 is 1.77 bits per heavy atom. The number of nitrogens with one attached hydrogen (secondary N) is 1. The molecule has 1 aromatic carbocycles. The molecular weight excluding hydrogens is 499 g/mol. The summed E-state index contributed by atoms with van der Waals surface area (Å²) in [4.78, 5) is 32.6. The Morgan fingerprint density at radius 3 is 2.40 bits per heavy atom. The molecule has 3 N–H and O–H groups in total. The number of pyridine rings is 1. The molecule has 12 heteroatoms. The maximum atomic E-state index is 13.1. The number of halogens is 2. The standard InChI is InChI=1S/C23H24Cl2N4O6/c1-4-32-17-7-6-13(8-18(17)33-5-2)22-29-19(20(35-22)12(3)34-23(26)31)21(30)28-9-14-15(24)10-27-11-16(14)25/h6-8,10-12H,4-5,9H2,1-3H3,(H2,26,31)(H,28,30)/t12-/m0/s1. The fraction of sp³-hybridized carbons (Fsp3) is 0.304. The van der Waals surface area contributed by atoms with Gasteiger partial charge in [0.2, 0.25) is 5.89 Å². The third kappa shape index (κ3) is 6.34. The zero-order valence-corrected chi connectivity index (χ0v) is 20.8. The summed E-state index contributed by atoms with van der Waals surface area (Å²) < 4.78 is 22.1. The first-order valence-electron chi connectivity index (χ1n) is 10.7. The van der Waals surface area contributed by atoms with Crippen molar-refractivity contribution >= 4 is 35.2 Å². The van der Waals surface area contributed by atoms with Gasteiger partial charge in [0.15, 0.2) is 29.1 Å². The lowest BCUT2D eigenvalue weighted by Gasteiger charge is -2.11. The summed E-state index contributed by atoms with van der Waals surface area (Å²) in [5, 5.41) is 3.28. The number of carbonyl (C=O) groups is 2. The molecule has 0 saturated heterocycles. The average molecular weight is 523 g/mol. The van der Waals surface area contributed by atoms with E-state index >= 15 is 0 Å². The lowest BCUT2D eigenvalue weighted by Crippen LogP contribution is -2.25. The van der Waals surface area contributed by atoms with Crippen LogP contribution in [0.1, 0.15) is 48.7 Å². The van der Waals surface area contributed by atoms with Gasteiger partial charge in [0, 0.05) is 30.1 Å². The minimum atomic E-state index is -1.03. The summed E-state index contributed by atoms with van der Waals surface area (Å²) in [7, 11) is 0. The van der Waals surface area contributed by atoms with Crippen LogP contribution in [-0.2, 0) is 11.3 Å². The molecule has 0 saturated carbocycles. The van der Waals surface area contributed by atoms with Crippen LogP contribution in [0.4, 0.5) is 4.79 Å². The average Bonchev–Trinajstić information content (AvgIpc) is 3.25. The highest BCUT2D eigenvalue weighted by Gasteiger charge is 2.27. The highest BCUT2D eigenvalue weighted by molar-refractivity contribution is 6.35. The van der Waals surface area contributed by atoms with Crippen molar-refractivity contribution in [3.63, 3.8) is 0 Å². The van der Waals surface area contributed by atoms with E-state index in [1.807, 2.05) is 13.8 Å². The van der Waals surface area contributed by atoms with Crippen molar-refractivity contribution in [2.24, 2.45) is 5.73 Å². The van der Waals surface area contributed by atoms with Gasteiger partial charge in [0.1, 0.15) is 0 Å². The number of rotatable bonds is 10. The van der Waals surface area contributed by atoms with Crippen molar-refractivity contribution in [2.75, 3.05) is 13.2 Å². The Bertz CT molecular complexity index is 1200. The van der Waals surface area contributed by atoms with E-state index in [0.717, 1.165) is 0 Å². The number of ether oxygens (including phenoxy) is 3. The first kappa shape index (κ1) is 26.1. The molecule has 0 aliphatic carbocycles. The zero-order chi connectivity index (χ0) is 25.5. The lowest BCUT2D eigenvalue weighted by atomic mass is 10.2. The predicted molar refractivity (Wildman–Crippen MR) is 129 cm³/mol. The Labute approximate surface area is 211 Å². The fourth-order valence-corrected chi connectivity index (χ4v) is 3.66. The summed E-state index contributed by atoms with van der Waals surface area (Å²) in [6, 6.07) is 5.10. The highest BCUT2D eigenvalue weighted by Crippen LogP contribution is 2.35. The number of primary amides is 1. The number of nitrogens with two attached hydrogens (primary N) is 1. The predicted octanol–water partition coefficient (Wildman–Crippen LogP) is 4.93. The van der Waals surface area contributed by atoms with Crippen molar-refractivity contribution in [3.05, 3.63) is 57.7 Å². The van der Waals surface area contributed by atoms with Crippen molar-refractivity contribution < 1.29 is 28.2 Å². The van der Waals surface area contributed by atoms with Gasteiger partial charge < -0.3 is 29.7 Å². The van der Waals surface area contributed by atoms with Crippen LogP contribution in [0.2, 0.25) is 10.0 Å². The van der Waals surface area contributed by atoms with Crippen molar-refractivity contribution in [2.45, 2.75) is 33.4 Å². The Hall–Kier alpha value is -3.50. The molecule has 0 radical (unpaired) electrons. The molecule has 10 nitrogen and oxygen atoms in total. The van der Waals surface area contributed by atoms with E-state index in [0.29, 0.717) is 45.9 Å². The number of oxazole rings is 1. The van der Waals surface area contributed by atoms with Gasteiger partial charge in [-0.1, -0.05) is 23.2 Å². The molecule has 0 aliphatic heterocycles. The summed E-state index contributed by atoms with van der Waals surface area (Å²) in [6.45, 7) is 6.09. The van der Waals surface area contributed by atoms with Crippen molar-refractivity contribution in [1.29, 1.82) is 0 Å². The summed E-state index contributed by atoms with van der Waals surface area (Å²) in [5.74, 6) is 0.555. The molecule has 2 amide bonds. The number of hydrogen-bond acceptors (Lipinski definition) is 8. The number of benzene rings is 1. The summed E-state index contributed by atoms with van der Waals surface area (Å²) >= 11 is 12.3. The van der Waals surface area contributed by atoms with Gasteiger partial charge in [-0.3, -0.25) is 9.78 Å². The smallest absolute Gasteiger partial charge is 0.405 e. The fourth-order valence-electron chi connectivity index (χ4n) is 3.16. The van der Waals surface area contributed by atoms with E-state index in [1.54, 1.807) is 18.2 Å². The SMILES string of the molecule is CCOc1ccc(-c2nc(C(=O)NCc3c(Cl)cncc3Cl)c([C@H](C)OC(N)=O)o2)cc1OCC. The molecule has 0 aliphatic rings. The molecule has 186 valence electrons. The maximum absolute atomic E-state index is 13.1. The van der Waals surface area contributed by atoms with E-state index < -0.39 is 18.1 Å². The molecule has 1 atom stereocenters. The Balaban J connectivity index is 1.96. The second-order valence-electron chi connectivity index (χ2n) is 7.10. The molecule has 0 spiro atoms. The van der Waals surface area contributed by atoms with Gasteiger partial charge in [0.05, 0.1) is 23.3 Å². The second kappa shape index (κ2) is 11.8. The van der Waals surface area contributed by atoms with Crippen LogP contribution in [0.25, 0.3) is 11.5 Å². The number of nitrogens with zero attached hydrogens (tertiary/aromatic N) is 2. The van der Waals surface area contributed by atoms with Gasteiger partial charge in [-0.15, -0.1) is 0 Å². The van der Waals surface area contributed by atoms with E-state index in [2.05, 4.69) is 15.3 Å². The van der Waals surface area contributed by atoms with Gasteiger partial charge in [-0.2, -0.15) is 0 Å². The first-order valence-corrected chi connectivity index (χ1v) is 11.4. The largest absolute Gasteiger partial charge is 0.490 e. The molecule has 2 aromatic heterocycles. The van der Waals surface area contributed by atoms with Crippen LogP contribution in [0.3, 0.4) is 0 Å². The quantitative estimate of drug-likeness (QED) is 0.382. The molecular formula is C23H24Cl2N4O6. The highest BCUT2D eigenvalue weighted by atomic mass is 35.5. The molecule has 2 heterocycles. The first-order chi connectivity index (χ1) is 16.7. The lowest BCUT2D eigenvalue weighted by molar-refractivity contribution is 0.0904. The summed E-state index contributed by atoms with van der Waals surface area (Å²) in [5.41, 5.74) is 6.06. The summed E-state index contributed by atoms with van der Waals surface area (Å²) in [6.07, 6.45) is 0.812. The minimum absolute atomic E-state index is 0.00323. The number of aromatic nitrogens is 2. The molecule has 0 bridgehead atoms. The normalized spacial score (nSPS) is 11.6. The molecule has 0 fully saturated rings. The molecule has 3 rings (SSSR count). The van der Waals surface area contributed by atoms with Gasteiger partial charge >= 0.3 is 6.09 Å². The maximum Gasteiger partial charge on any atom is 0.405 e. The van der Waals surface area contributed by atoms with Crippen LogP contribution < -0.4 is 20.5 Å². The van der Waals surface area contributed by atoms with Gasteiger partial charge in [-0.05, 0) is 39.0 Å². The van der Waals surface area contributed by atoms with Crippen LogP contribution in [-0.4, -0.2) is 35.2 Å². The third-order valence-corrected chi connectivity index (χ3v) is 5.35. The molecule has 35 heavy (non-hydrogen) atoms. The molecule has 0 unspecified atom stereocenters. The van der Waals surface area contributed by atoms with Crippen molar-refractivity contribution in [1.82, 2.24) is 15.3 Å². The number of hydrogen-bond donors (Lipinski definition) is 2. The van der Waals surface area contributed by atoms with Crippen LogP contribution in [0.15, 0.2) is 35.0 Å². The van der Waals surface area contributed by atoms with E-state index in [9.17, 15) is 9.59 Å². The van der Waals surface area contributed by atoms with E-state index in [-0.39, 0.29) is 23.9 Å². The Kier molecular flexibility index (Phi) is 8.78. The number of carbonyl (C=O) groups excluding carboxylic acids is 2. The second-order valence-corrected chi connectivity index (χ2v) is 7.92. The van der Waals surface area contributed by atoms with Crippen LogP contribution in [0.5, 0.6) is 11.5 Å². The monoisotopic (exact) mass is 522 g/mol. The zero-order valence-electron chi connectivity index (χ0n) is 19.3.